The molecule has 0 amide bonds. The highest BCUT2D eigenvalue weighted by Crippen LogP contribution is 2.39. The van der Waals surface area contributed by atoms with Crippen LogP contribution in [0.25, 0.3) is 0 Å². The van der Waals surface area contributed by atoms with Crippen LogP contribution >= 0.6 is 11.8 Å². The summed E-state index contributed by atoms with van der Waals surface area (Å²) in [6.07, 6.45) is -8.28. The molecule has 1 atom stereocenters. The molecule has 25 heavy (non-hydrogen) atoms. The smallest absolute Gasteiger partial charge is 0.166 e. The number of hydrogen-bond acceptors (Lipinski definition) is 1. The average molecular weight is 378 g/mol. The normalized spacial score (nSPS) is 13.7. The largest absolute Gasteiger partial charge is 0.416 e. The van der Waals surface area contributed by atoms with Crippen LogP contribution in [0.4, 0.5) is 26.3 Å². The fourth-order valence-electron chi connectivity index (χ4n) is 2.30. The zero-order valence-corrected chi connectivity index (χ0v) is 14.1. The lowest BCUT2D eigenvalue weighted by molar-refractivity contribution is -0.143. The molecule has 0 aliphatic heterocycles. The number of thioether (sulfide) groups is 1. The van der Waals surface area contributed by atoms with Crippen molar-refractivity contribution in [2.45, 2.75) is 42.3 Å². The minimum Gasteiger partial charge on any atom is -0.166 e. The van der Waals surface area contributed by atoms with Gasteiger partial charge in [-0.25, -0.2) is 0 Å². The molecule has 1 unspecified atom stereocenters. The van der Waals surface area contributed by atoms with Crippen molar-refractivity contribution in [3.8, 4) is 0 Å². The molecule has 0 aliphatic carbocycles. The van der Waals surface area contributed by atoms with Crippen LogP contribution in [0, 0.1) is 0 Å². The number of aryl methyl sites for hydroxylation is 1. The van der Waals surface area contributed by atoms with E-state index in [2.05, 4.69) is 0 Å². The van der Waals surface area contributed by atoms with Crippen molar-refractivity contribution in [3.05, 3.63) is 65.2 Å². The summed E-state index contributed by atoms with van der Waals surface area (Å²) >= 11 is 1.02. The Labute approximate surface area is 146 Å². The molecule has 2 aromatic carbocycles. The van der Waals surface area contributed by atoms with Crippen molar-refractivity contribution in [1.82, 2.24) is 0 Å². The van der Waals surface area contributed by atoms with Gasteiger partial charge < -0.3 is 0 Å². The predicted octanol–water partition coefficient (Wildman–Crippen LogP) is 6.84. The molecule has 0 N–H and O–H groups in total. The number of halogens is 6. The zero-order chi connectivity index (χ0) is 18.7. The minimum absolute atomic E-state index is 0.0253. The summed E-state index contributed by atoms with van der Waals surface area (Å²) in [6.45, 7) is 1.79. The third-order valence-electron chi connectivity index (χ3n) is 3.58. The van der Waals surface area contributed by atoms with Gasteiger partial charge in [0, 0.05) is 10.1 Å². The summed E-state index contributed by atoms with van der Waals surface area (Å²) < 4.78 is 77.2. The van der Waals surface area contributed by atoms with Crippen molar-refractivity contribution in [2.24, 2.45) is 0 Å². The van der Waals surface area contributed by atoms with Crippen LogP contribution < -0.4 is 0 Å². The first-order valence-electron chi connectivity index (χ1n) is 7.56. The standard InChI is InChI=1S/C18H16F6S/c1-12(7-8-13-5-3-2-4-6-13)25-16-10-14(17(19,20)21)9-15(11-16)18(22,23)24/h2-6,9-12H,7-8H2,1H3. The first-order valence-corrected chi connectivity index (χ1v) is 8.44. The van der Waals surface area contributed by atoms with Gasteiger partial charge in [0.05, 0.1) is 11.1 Å². The van der Waals surface area contributed by atoms with E-state index >= 15 is 0 Å². The Morgan fingerprint density at radius 3 is 1.84 bits per heavy atom. The van der Waals surface area contributed by atoms with Gasteiger partial charge in [0.1, 0.15) is 0 Å². The second kappa shape index (κ2) is 7.72. The lowest BCUT2D eigenvalue weighted by Gasteiger charge is -2.16. The van der Waals surface area contributed by atoms with E-state index in [0.29, 0.717) is 12.8 Å². The number of hydrogen-bond donors (Lipinski definition) is 0. The van der Waals surface area contributed by atoms with Gasteiger partial charge in [0.15, 0.2) is 0 Å². The fraction of sp³-hybridized carbons (Fsp3) is 0.333. The number of alkyl halides is 6. The maximum Gasteiger partial charge on any atom is 0.416 e. The lowest BCUT2D eigenvalue weighted by atomic mass is 10.1. The molecule has 0 aliphatic rings. The SMILES string of the molecule is CC(CCc1ccccc1)Sc1cc(C(F)(F)F)cc(C(F)(F)F)c1. The number of rotatable bonds is 5. The van der Waals surface area contributed by atoms with E-state index in [9.17, 15) is 26.3 Å². The average Bonchev–Trinajstić information content (AvgIpc) is 2.52. The molecular weight excluding hydrogens is 362 g/mol. The third-order valence-corrected chi connectivity index (χ3v) is 4.73. The maximum absolute atomic E-state index is 12.9. The van der Waals surface area contributed by atoms with Crippen LogP contribution in [0.15, 0.2) is 53.4 Å². The van der Waals surface area contributed by atoms with Crippen molar-refractivity contribution in [3.63, 3.8) is 0 Å². The van der Waals surface area contributed by atoms with Crippen LogP contribution in [0.1, 0.15) is 30.0 Å². The first kappa shape index (κ1) is 19.7. The molecule has 0 spiro atoms. The highest BCUT2D eigenvalue weighted by molar-refractivity contribution is 7.99. The van der Waals surface area contributed by atoms with Gasteiger partial charge in [-0.05, 0) is 36.6 Å². The molecular formula is C18H16F6S. The van der Waals surface area contributed by atoms with E-state index in [1.807, 2.05) is 30.3 Å². The highest BCUT2D eigenvalue weighted by Gasteiger charge is 2.37. The van der Waals surface area contributed by atoms with Crippen LogP contribution in [-0.4, -0.2) is 5.25 Å². The minimum atomic E-state index is -4.82. The van der Waals surface area contributed by atoms with E-state index in [-0.39, 0.29) is 16.2 Å². The molecule has 0 saturated heterocycles. The van der Waals surface area contributed by atoms with E-state index in [1.165, 1.54) is 0 Å². The molecule has 2 rings (SSSR count). The Balaban J connectivity index is 2.14. The summed E-state index contributed by atoms with van der Waals surface area (Å²) in [4.78, 5) is -0.0253. The van der Waals surface area contributed by atoms with Crippen LogP contribution in [-0.2, 0) is 18.8 Å². The van der Waals surface area contributed by atoms with Crippen molar-refractivity contribution < 1.29 is 26.3 Å². The van der Waals surface area contributed by atoms with Gasteiger partial charge in [-0.2, -0.15) is 26.3 Å². The summed E-state index contributed by atoms with van der Waals surface area (Å²) in [5.74, 6) is 0. The monoisotopic (exact) mass is 378 g/mol. The molecule has 2 aromatic rings. The van der Waals surface area contributed by atoms with Gasteiger partial charge in [-0.1, -0.05) is 37.3 Å². The van der Waals surface area contributed by atoms with E-state index in [0.717, 1.165) is 29.5 Å². The van der Waals surface area contributed by atoms with Crippen molar-refractivity contribution >= 4 is 11.8 Å². The molecule has 0 bridgehead atoms. The summed E-state index contributed by atoms with van der Waals surface area (Å²) in [7, 11) is 0. The summed E-state index contributed by atoms with van der Waals surface area (Å²) in [6, 6.07) is 11.2. The van der Waals surface area contributed by atoms with Gasteiger partial charge >= 0.3 is 12.4 Å². The van der Waals surface area contributed by atoms with Gasteiger partial charge in [-0.3, -0.25) is 0 Å². The first-order chi connectivity index (χ1) is 11.6. The Morgan fingerprint density at radius 1 is 0.840 bits per heavy atom. The fourth-order valence-corrected chi connectivity index (χ4v) is 3.39. The lowest BCUT2D eigenvalue weighted by Crippen LogP contribution is -2.11. The Kier molecular flexibility index (Phi) is 6.08. The molecule has 7 heteroatoms. The molecule has 0 saturated carbocycles. The topological polar surface area (TPSA) is 0 Å². The molecule has 0 fully saturated rings. The van der Waals surface area contributed by atoms with Gasteiger partial charge in [-0.15, -0.1) is 11.8 Å². The van der Waals surface area contributed by atoms with E-state index < -0.39 is 23.5 Å². The predicted molar refractivity (Wildman–Crippen MR) is 86.5 cm³/mol. The van der Waals surface area contributed by atoms with Gasteiger partial charge in [0.25, 0.3) is 0 Å². The van der Waals surface area contributed by atoms with Crippen LogP contribution in [0.5, 0.6) is 0 Å². The quantitative estimate of drug-likeness (QED) is 0.406. The second-order valence-electron chi connectivity index (χ2n) is 5.69. The van der Waals surface area contributed by atoms with Crippen molar-refractivity contribution in [2.75, 3.05) is 0 Å². The van der Waals surface area contributed by atoms with E-state index in [1.54, 1.807) is 6.92 Å². The second-order valence-corrected chi connectivity index (χ2v) is 7.21. The molecule has 0 nitrogen and oxygen atoms in total. The zero-order valence-electron chi connectivity index (χ0n) is 13.3. The third kappa shape index (κ3) is 5.99. The summed E-state index contributed by atoms with van der Waals surface area (Å²) in [5.41, 5.74) is -1.48. The Bertz CT molecular complexity index is 659. The number of benzene rings is 2. The highest BCUT2D eigenvalue weighted by atomic mass is 32.2. The molecule has 0 radical (unpaired) electrons. The molecule has 136 valence electrons. The van der Waals surface area contributed by atoms with Gasteiger partial charge in [0.2, 0.25) is 0 Å². The Morgan fingerprint density at radius 2 is 1.36 bits per heavy atom. The van der Waals surface area contributed by atoms with E-state index in [4.69, 9.17) is 0 Å². The van der Waals surface area contributed by atoms with Crippen LogP contribution in [0.3, 0.4) is 0 Å². The molecule has 0 aromatic heterocycles. The summed E-state index contributed by atoms with van der Waals surface area (Å²) in [5, 5.41) is -0.121. The maximum atomic E-state index is 12.9. The van der Waals surface area contributed by atoms with Crippen LogP contribution in [0.2, 0.25) is 0 Å². The molecule has 0 heterocycles. The van der Waals surface area contributed by atoms with Crippen molar-refractivity contribution in [1.29, 1.82) is 0 Å². The Hall–Kier alpha value is -1.63.